The van der Waals surface area contributed by atoms with Crippen molar-refractivity contribution in [2.45, 2.75) is 13.3 Å². The molecule has 3 aromatic rings. The summed E-state index contributed by atoms with van der Waals surface area (Å²) in [5.41, 5.74) is 0.836. The Bertz CT molecular complexity index is 960. The molecule has 0 atom stereocenters. The van der Waals surface area contributed by atoms with Crippen molar-refractivity contribution in [3.05, 3.63) is 69.5 Å². The van der Waals surface area contributed by atoms with Gasteiger partial charge in [0.2, 0.25) is 0 Å². The summed E-state index contributed by atoms with van der Waals surface area (Å²) >= 11 is 5.78. The average Bonchev–Trinajstić information content (AvgIpc) is 2.60. The van der Waals surface area contributed by atoms with Crippen LogP contribution in [0.1, 0.15) is 12.5 Å². The van der Waals surface area contributed by atoms with Crippen molar-refractivity contribution in [1.29, 1.82) is 0 Å². The van der Waals surface area contributed by atoms with Crippen LogP contribution in [-0.2, 0) is 11.2 Å². The first kappa shape index (κ1) is 17.0. The lowest BCUT2D eigenvalue weighted by molar-refractivity contribution is -0.136. The summed E-state index contributed by atoms with van der Waals surface area (Å²) in [6.07, 6.45) is 0.705. The normalized spacial score (nSPS) is 10.6. The van der Waals surface area contributed by atoms with Crippen molar-refractivity contribution in [3.63, 3.8) is 0 Å². The van der Waals surface area contributed by atoms with E-state index in [1.54, 1.807) is 36.4 Å². The number of carbonyl (C=O) groups excluding carboxylic acids is 1. The SMILES string of the molecule is CCc1cc(=O)oc2cc(OC(=O)COc3ccc(Cl)cc3)ccc12. The number of aryl methyl sites for hydroxylation is 1. The lowest BCUT2D eigenvalue weighted by atomic mass is 10.1. The molecule has 0 radical (unpaired) electrons. The van der Waals surface area contributed by atoms with E-state index in [0.29, 0.717) is 22.8 Å². The van der Waals surface area contributed by atoms with Crippen LogP contribution in [0.25, 0.3) is 11.0 Å². The van der Waals surface area contributed by atoms with E-state index < -0.39 is 11.6 Å². The highest BCUT2D eigenvalue weighted by molar-refractivity contribution is 6.30. The van der Waals surface area contributed by atoms with Crippen LogP contribution in [0.2, 0.25) is 5.02 Å². The Hall–Kier alpha value is -2.79. The highest BCUT2D eigenvalue weighted by Gasteiger charge is 2.10. The van der Waals surface area contributed by atoms with E-state index >= 15 is 0 Å². The molecule has 6 heteroatoms. The predicted octanol–water partition coefficient (Wildman–Crippen LogP) is 3.99. The Kier molecular flexibility index (Phi) is 5.05. The average molecular weight is 359 g/mol. The summed E-state index contributed by atoms with van der Waals surface area (Å²) in [5, 5.41) is 1.40. The molecule has 0 aliphatic carbocycles. The predicted molar refractivity (Wildman–Crippen MR) is 94.4 cm³/mol. The monoisotopic (exact) mass is 358 g/mol. The van der Waals surface area contributed by atoms with E-state index in [2.05, 4.69) is 0 Å². The number of ether oxygens (including phenoxy) is 2. The molecule has 25 heavy (non-hydrogen) atoms. The van der Waals surface area contributed by atoms with Gasteiger partial charge in [0.15, 0.2) is 6.61 Å². The fourth-order valence-corrected chi connectivity index (χ4v) is 2.53. The van der Waals surface area contributed by atoms with E-state index in [1.165, 1.54) is 12.1 Å². The van der Waals surface area contributed by atoms with Crippen LogP contribution in [0.15, 0.2) is 57.7 Å². The summed E-state index contributed by atoms with van der Waals surface area (Å²) in [5.74, 6) is 0.232. The molecule has 0 saturated heterocycles. The Morgan fingerprint density at radius 2 is 1.80 bits per heavy atom. The molecular weight excluding hydrogens is 344 g/mol. The minimum atomic E-state index is -0.566. The molecule has 0 amide bonds. The fourth-order valence-electron chi connectivity index (χ4n) is 2.40. The number of hydrogen-bond acceptors (Lipinski definition) is 5. The molecule has 1 heterocycles. The maximum Gasteiger partial charge on any atom is 0.349 e. The summed E-state index contributed by atoms with van der Waals surface area (Å²) in [6.45, 7) is 1.70. The molecule has 0 unspecified atom stereocenters. The van der Waals surface area contributed by atoms with Gasteiger partial charge in [-0.05, 0) is 48.4 Å². The molecule has 0 spiro atoms. The van der Waals surface area contributed by atoms with Gasteiger partial charge in [-0.1, -0.05) is 18.5 Å². The van der Waals surface area contributed by atoms with E-state index in [1.807, 2.05) is 6.92 Å². The molecule has 0 bridgehead atoms. The van der Waals surface area contributed by atoms with Gasteiger partial charge >= 0.3 is 11.6 Å². The van der Waals surface area contributed by atoms with Crippen molar-refractivity contribution in [2.75, 3.05) is 6.61 Å². The molecule has 2 aromatic carbocycles. The van der Waals surface area contributed by atoms with Gasteiger partial charge in [-0.25, -0.2) is 9.59 Å². The van der Waals surface area contributed by atoms with Crippen molar-refractivity contribution >= 4 is 28.5 Å². The van der Waals surface area contributed by atoms with Gasteiger partial charge in [-0.2, -0.15) is 0 Å². The Morgan fingerprint density at radius 1 is 1.08 bits per heavy atom. The van der Waals surface area contributed by atoms with E-state index in [4.69, 9.17) is 25.5 Å². The summed E-state index contributed by atoms with van der Waals surface area (Å²) in [7, 11) is 0. The smallest absolute Gasteiger partial charge is 0.349 e. The first-order valence-corrected chi connectivity index (χ1v) is 8.09. The van der Waals surface area contributed by atoms with Crippen LogP contribution in [0, 0.1) is 0 Å². The van der Waals surface area contributed by atoms with E-state index in [-0.39, 0.29) is 12.4 Å². The van der Waals surface area contributed by atoms with Crippen LogP contribution in [0.4, 0.5) is 0 Å². The standard InChI is InChI=1S/C19H15ClO5/c1-2-12-9-18(21)25-17-10-15(7-8-16(12)17)24-19(22)11-23-14-5-3-13(20)4-6-14/h3-10H,2,11H2,1H3. The van der Waals surface area contributed by atoms with Gasteiger partial charge in [0.1, 0.15) is 17.1 Å². The Balaban J connectivity index is 1.70. The quantitative estimate of drug-likeness (QED) is 0.392. The minimum Gasteiger partial charge on any atom is -0.482 e. The summed E-state index contributed by atoms with van der Waals surface area (Å²) in [6, 6.07) is 13.1. The molecule has 0 fully saturated rings. The number of rotatable bonds is 5. The first-order valence-electron chi connectivity index (χ1n) is 7.71. The van der Waals surface area contributed by atoms with Gasteiger partial charge in [0, 0.05) is 22.5 Å². The van der Waals surface area contributed by atoms with Gasteiger partial charge in [0.05, 0.1) is 0 Å². The first-order chi connectivity index (χ1) is 12.0. The number of carbonyl (C=O) groups is 1. The third kappa shape index (κ3) is 4.19. The van der Waals surface area contributed by atoms with E-state index in [0.717, 1.165) is 10.9 Å². The topological polar surface area (TPSA) is 65.7 Å². The lowest BCUT2D eigenvalue weighted by Crippen LogP contribution is -2.17. The molecule has 5 nitrogen and oxygen atoms in total. The minimum absolute atomic E-state index is 0.251. The lowest BCUT2D eigenvalue weighted by Gasteiger charge is -2.08. The summed E-state index contributed by atoms with van der Waals surface area (Å²) in [4.78, 5) is 23.5. The zero-order valence-electron chi connectivity index (χ0n) is 13.5. The number of fused-ring (bicyclic) bond motifs is 1. The third-order valence-electron chi connectivity index (χ3n) is 3.58. The molecule has 0 saturated carbocycles. The molecule has 3 rings (SSSR count). The van der Waals surface area contributed by atoms with Gasteiger partial charge in [-0.3, -0.25) is 0 Å². The second kappa shape index (κ2) is 7.40. The fraction of sp³-hybridized carbons (Fsp3) is 0.158. The van der Waals surface area contributed by atoms with Gasteiger partial charge < -0.3 is 13.9 Å². The van der Waals surface area contributed by atoms with Crippen molar-refractivity contribution in [1.82, 2.24) is 0 Å². The van der Waals surface area contributed by atoms with Crippen LogP contribution in [0.3, 0.4) is 0 Å². The molecule has 0 N–H and O–H groups in total. The largest absolute Gasteiger partial charge is 0.482 e. The molecule has 128 valence electrons. The third-order valence-corrected chi connectivity index (χ3v) is 3.84. The second-order valence-corrected chi connectivity index (χ2v) is 5.76. The van der Waals surface area contributed by atoms with Crippen LogP contribution in [-0.4, -0.2) is 12.6 Å². The van der Waals surface area contributed by atoms with Crippen molar-refractivity contribution < 1.29 is 18.7 Å². The van der Waals surface area contributed by atoms with Gasteiger partial charge in [0.25, 0.3) is 0 Å². The molecule has 0 aliphatic heterocycles. The second-order valence-electron chi connectivity index (χ2n) is 5.32. The zero-order valence-corrected chi connectivity index (χ0v) is 14.2. The van der Waals surface area contributed by atoms with Crippen molar-refractivity contribution in [2.24, 2.45) is 0 Å². The summed E-state index contributed by atoms with van der Waals surface area (Å²) < 4.78 is 15.7. The Labute approximate surface area is 148 Å². The van der Waals surface area contributed by atoms with Crippen LogP contribution in [0.5, 0.6) is 11.5 Å². The molecule has 1 aromatic heterocycles. The van der Waals surface area contributed by atoms with Crippen LogP contribution >= 0.6 is 11.6 Å². The van der Waals surface area contributed by atoms with E-state index in [9.17, 15) is 9.59 Å². The van der Waals surface area contributed by atoms with Crippen molar-refractivity contribution in [3.8, 4) is 11.5 Å². The maximum atomic E-state index is 11.9. The zero-order chi connectivity index (χ0) is 17.8. The highest BCUT2D eigenvalue weighted by atomic mass is 35.5. The maximum absolute atomic E-state index is 11.9. The molecule has 0 aliphatic rings. The van der Waals surface area contributed by atoms with Gasteiger partial charge in [-0.15, -0.1) is 0 Å². The number of halogens is 1. The number of benzene rings is 2. The highest BCUT2D eigenvalue weighted by Crippen LogP contribution is 2.23. The number of hydrogen-bond donors (Lipinski definition) is 0. The Morgan fingerprint density at radius 3 is 2.52 bits per heavy atom. The number of esters is 1. The molecular formula is C19H15ClO5. The van der Waals surface area contributed by atoms with Crippen LogP contribution < -0.4 is 15.1 Å².